The average Bonchev–Trinajstić information content (AvgIpc) is 2.97. The van der Waals surface area contributed by atoms with Gasteiger partial charge in [-0.25, -0.2) is 0 Å². The molecule has 0 radical (unpaired) electrons. The summed E-state index contributed by atoms with van der Waals surface area (Å²) < 4.78 is 39.9. The third-order valence-corrected chi connectivity index (χ3v) is 5.33. The molecule has 0 spiro atoms. The van der Waals surface area contributed by atoms with Crippen LogP contribution in [0.25, 0.3) is 10.1 Å². The molecule has 1 aliphatic carbocycles. The van der Waals surface area contributed by atoms with Crippen molar-refractivity contribution < 1.29 is 13.2 Å². The highest BCUT2D eigenvalue weighted by Gasteiger charge is 2.51. The van der Waals surface area contributed by atoms with Crippen LogP contribution in [-0.2, 0) is 5.51 Å². The van der Waals surface area contributed by atoms with E-state index in [1.54, 1.807) is 18.2 Å². The zero-order chi connectivity index (χ0) is 12.2. The van der Waals surface area contributed by atoms with Crippen LogP contribution in [0.4, 0.5) is 13.2 Å². The maximum atomic E-state index is 13.1. The predicted molar refractivity (Wildman–Crippen MR) is 64.4 cm³/mol. The fourth-order valence-electron chi connectivity index (χ4n) is 2.22. The standard InChI is InChI=1S/C13H12F3S/c1-8-2-5-11-10(6-8)7-12(9-3-4-9)17(11)13(14,15)16/h2,5-7,9H,3-4H2,1H3/q+1. The molecule has 90 valence electrons. The number of rotatable bonds is 1. The fourth-order valence-corrected chi connectivity index (χ4v) is 4.36. The predicted octanol–water partition coefficient (Wildman–Crippen LogP) is 5.25. The summed E-state index contributed by atoms with van der Waals surface area (Å²) in [6.07, 6.45) is 1.83. The topological polar surface area (TPSA) is 0 Å². The number of aryl methyl sites for hydroxylation is 1. The van der Waals surface area contributed by atoms with Crippen molar-refractivity contribution in [3.8, 4) is 0 Å². The van der Waals surface area contributed by atoms with Gasteiger partial charge in [0.25, 0.3) is 0 Å². The summed E-state index contributed by atoms with van der Waals surface area (Å²) in [4.78, 5) is 0.609. The summed E-state index contributed by atoms with van der Waals surface area (Å²) in [6.45, 7) is 1.91. The summed E-state index contributed by atoms with van der Waals surface area (Å²) in [5.41, 5.74) is -3.11. The molecule has 1 fully saturated rings. The number of thiophene rings is 1. The van der Waals surface area contributed by atoms with Crippen molar-refractivity contribution in [2.45, 2.75) is 31.2 Å². The molecule has 1 heterocycles. The van der Waals surface area contributed by atoms with E-state index in [1.807, 2.05) is 13.0 Å². The van der Waals surface area contributed by atoms with E-state index in [2.05, 4.69) is 0 Å². The lowest BCUT2D eigenvalue weighted by Gasteiger charge is -1.98. The minimum atomic E-state index is -4.13. The van der Waals surface area contributed by atoms with Crippen LogP contribution in [0.15, 0.2) is 24.3 Å². The zero-order valence-electron chi connectivity index (χ0n) is 9.34. The Kier molecular flexibility index (Phi) is 2.27. The van der Waals surface area contributed by atoms with E-state index in [0.29, 0.717) is 9.58 Å². The molecular formula is C13H12F3S+. The molecule has 1 saturated carbocycles. The number of alkyl halides is 3. The third-order valence-electron chi connectivity index (χ3n) is 3.13. The summed E-state index contributed by atoms with van der Waals surface area (Å²) >= 11 is 0. The number of halogens is 3. The zero-order valence-corrected chi connectivity index (χ0v) is 10.2. The van der Waals surface area contributed by atoms with Crippen molar-refractivity contribution in [1.82, 2.24) is 0 Å². The Morgan fingerprint density at radius 3 is 2.47 bits per heavy atom. The quantitative estimate of drug-likeness (QED) is 0.612. The van der Waals surface area contributed by atoms with Gasteiger partial charge in [-0.2, -0.15) is 0 Å². The van der Waals surface area contributed by atoms with Crippen LogP contribution in [0, 0.1) is 6.92 Å². The Bertz CT molecular complexity index is 576. The van der Waals surface area contributed by atoms with Crippen molar-refractivity contribution in [1.29, 1.82) is 0 Å². The second kappa shape index (κ2) is 3.48. The highest BCUT2D eigenvalue weighted by molar-refractivity contribution is 7.38. The summed E-state index contributed by atoms with van der Waals surface area (Å²) in [7, 11) is -1.67. The van der Waals surface area contributed by atoms with Crippen LogP contribution in [0.5, 0.6) is 0 Å². The van der Waals surface area contributed by atoms with E-state index < -0.39 is 16.0 Å². The van der Waals surface area contributed by atoms with Crippen molar-refractivity contribution in [2.75, 3.05) is 0 Å². The molecule has 0 bridgehead atoms. The van der Waals surface area contributed by atoms with Crippen LogP contribution in [0.1, 0.15) is 29.2 Å². The minimum absolute atomic E-state index is 0.174. The first-order valence-electron chi connectivity index (χ1n) is 5.60. The Labute approximate surface area is 100 Å². The van der Waals surface area contributed by atoms with Crippen LogP contribution in [0.2, 0.25) is 0 Å². The van der Waals surface area contributed by atoms with Crippen molar-refractivity contribution in [3.63, 3.8) is 0 Å². The average molecular weight is 257 g/mol. The van der Waals surface area contributed by atoms with Crippen molar-refractivity contribution in [3.05, 3.63) is 34.7 Å². The van der Waals surface area contributed by atoms with Gasteiger partial charge in [-0.15, -0.1) is 13.2 Å². The van der Waals surface area contributed by atoms with Gasteiger partial charge in [-0.1, -0.05) is 11.6 Å². The van der Waals surface area contributed by atoms with E-state index >= 15 is 0 Å². The fraction of sp³-hybridized carbons (Fsp3) is 0.385. The van der Waals surface area contributed by atoms with Gasteiger partial charge in [-0.3, -0.25) is 0 Å². The number of hydrogen-bond acceptors (Lipinski definition) is 0. The van der Waals surface area contributed by atoms with Gasteiger partial charge in [0.15, 0.2) is 9.58 Å². The molecule has 0 saturated heterocycles. The van der Waals surface area contributed by atoms with Gasteiger partial charge in [0.1, 0.15) is 0 Å². The lowest BCUT2D eigenvalue weighted by molar-refractivity contribution is -0.0867. The van der Waals surface area contributed by atoms with E-state index in [0.717, 1.165) is 23.8 Å². The summed E-state index contributed by atoms with van der Waals surface area (Å²) in [5, 5.41) is 0.771. The lowest BCUT2D eigenvalue weighted by atomic mass is 10.2. The molecule has 4 heteroatoms. The molecule has 0 aliphatic heterocycles. The molecule has 0 amide bonds. The molecule has 1 unspecified atom stereocenters. The summed E-state index contributed by atoms with van der Waals surface area (Å²) in [5.74, 6) is 0.174. The Balaban J connectivity index is 2.31. The van der Waals surface area contributed by atoms with E-state index in [9.17, 15) is 13.2 Å². The molecule has 0 N–H and O–H groups in total. The molecular weight excluding hydrogens is 245 g/mol. The first kappa shape index (κ1) is 11.1. The highest BCUT2D eigenvalue weighted by atomic mass is 32.2. The van der Waals surface area contributed by atoms with Gasteiger partial charge in [0.2, 0.25) is 0 Å². The number of hydrogen-bond donors (Lipinski definition) is 0. The Morgan fingerprint density at radius 1 is 1.18 bits per heavy atom. The Morgan fingerprint density at radius 2 is 1.88 bits per heavy atom. The molecule has 1 atom stereocenters. The minimum Gasteiger partial charge on any atom is -0.118 e. The second-order valence-corrected chi connectivity index (χ2v) is 6.60. The lowest BCUT2D eigenvalue weighted by Crippen LogP contribution is -1.97. The first-order chi connectivity index (χ1) is 7.97. The maximum absolute atomic E-state index is 13.1. The number of benzene rings is 1. The number of fused-ring (bicyclic) bond motifs is 1. The van der Waals surface area contributed by atoms with Crippen LogP contribution < -0.4 is 0 Å². The van der Waals surface area contributed by atoms with Crippen LogP contribution in [-0.4, -0.2) is 0 Å². The first-order valence-corrected chi connectivity index (χ1v) is 6.82. The van der Waals surface area contributed by atoms with Gasteiger partial charge in [0, 0.05) is 17.4 Å². The van der Waals surface area contributed by atoms with E-state index in [4.69, 9.17) is 0 Å². The van der Waals surface area contributed by atoms with Gasteiger partial charge in [-0.05, 0) is 31.9 Å². The largest absolute Gasteiger partial charge is 0.600 e. The molecule has 1 aromatic heterocycles. The van der Waals surface area contributed by atoms with Gasteiger partial charge < -0.3 is 0 Å². The molecule has 1 aromatic carbocycles. The van der Waals surface area contributed by atoms with Crippen LogP contribution in [0.3, 0.4) is 0 Å². The van der Waals surface area contributed by atoms with Crippen molar-refractivity contribution >= 4 is 20.6 Å². The molecule has 1 aliphatic rings. The normalized spacial score (nSPS) is 17.8. The third kappa shape index (κ3) is 1.84. The van der Waals surface area contributed by atoms with Gasteiger partial charge in [0.05, 0.1) is 10.5 Å². The molecule has 0 nitrogen and oxygen atoms in total. The molecule has 3 rings (SSSR count). The van der Waals surface area contributed by atoms with E-state index in [1.165, 1.54) is 0 Å². The smallest absolute Gasteiger partial charge is 0.118 e. The van der Waals surface area contributed by atoms with Gasteiger partial charge >= 0.3 is 5.51 Å². The Hall–Kier alpha value is -1.03. The highest BCUT2D eigenvalue weighted by Crippen LogP contribution is 2.57. The monoisotopic (exact) mass is 257 g/mol. The second-order valence-electron chi connectivity index (χ2n) is 4.61. The SMILES string of the molecule is Cc1ccc2c(c1)cc(C1CC1)[s+]2C(F)(F)F. The summed E-state index contributed by atoms with van der Waals surface area (Å²) in [6, 6.07) is 7.05. The van der Waals surface area contributed by atoms with Crippen molar-refractivity contribution in [2.24, 2.45) is 0 Å². The maximum Gasteiger partial charge on any atom is 0.600 e. The van der Waals surface area contributed by atoms with Crippen LogP contribution >= 0.6 is 10.5 Å². The van der Waals surface area contributed by atoms with E-state index in [-0.39, 0.29) is 5.92 Å². The molecule has 17 heavy (non-hydrogen) atoms. The molecule has 2 aromatic rings.